The highest BCUT2D eigenvalue weighted by atomic mass is 16.5. The molecule has 0 fully saturated rings. The van der Waals surface area contributed by atoms with Gasteiger partial charge >= 0.3 is 5.63 Å². The number of nitrogens with one attached hydrogen (secondary N) is 1. The Hall–Kier alpha value is -3.67. The normalized spacial score (nSPS) is 22.7. The van der Waals surface area contributed by atoms with Crippen LogP contribution in [0.15, 0.2) is 74.5 Å². The molecule has 1 N–H and O–H groups in total. The molecular formula is C25H21NO5. The SMILES string of the molecule is COc1ccc2c(c1)[C@@H]1c3c(c4ccccc4oc3=O)O[C@](c3ccco3)(N2)C1(C)C. The van der Waals surface area contributed by atoms with Gasteiger partial charge in [-0.15, -0.1) is 0 Å². The minimum Gasteiger partial charge on any atom is -0.497 e. The highest BCUT2D eigenvalue weighted by Gasteiger charge is 2.63. The largest absolute Gasteiger partial charge is 0.497 e. The predicted octanol–water partition coefficient (Wildman–Crippen LogP) is 5.22. The van der Waals surface area contributed by atoms with E-state index in [1.54, 1.807) is 19.4 Å². The first-order chi connectivity index (χ1) is 15.0. The van der Waals surface area contributed by atoms with E-state index in [4.69, 9.17) is 18.3 Å². The first-order valence-electron chi connectivity index (χ1n) is 10.2. The van der Waals surface area contributed by atoms with Crippen LogP contribution in [0, 0.1) is 5.41 Å². The molecule has 0 amide bonds. The fourth-order valence-corrected chi connectivity index (χ4v) is 5.19. The van der Waals surface area contributed by atoms with Crippen LogP contribution in [0.25, 0.3) is 11.0 Å². The molecule has 2 aromatic heterocycles. The maximum Gasteiger partial charge on any atom is 0.343 e. The molecular weight excluding hydrogens is 394 g/mol. The summed E-state index contributed by atoms with van der Waals surface area (Å²) >= 11 is 0. The van der Waals surface area contributed by atoms with Crippen molar-refractivity contribution in [3.63, 3.8) is 0 Å². The van der Waals surface area contributed by atoms with Crippen molar-refractivity contribution in [2.45, 2.75) is 25.5 Å². The summed E-state index contributed by atoms with van der Waals surface area (Å²) in [5, 5.41) is 4.36. The molecule has 6 nitrogen and oxygen atoms in total. The van der Waals surface area contributed by atoms with E-state index in [1.807, 2.05) is 48.5 Å². The van der Waals surface area contributed by atoms with E-state index in [-0.39, 0.29) is 5.92 Å². The highest BCUT2D eigenvalue weighted by Crippen LogP contribution is 2.63. The van der Waals surface area contributed by atoms with E-state index in [9.17, 15) is 4.79 Å². The second kappa shape index (κ2) is 5.94. The van der Waals surface area contributed by atoms with Gasteiger partial charge in [-0.2, -0.15) is 0 Å². The first kappa shape index (κ1) is 18.1. The van der Waals surface area contributed by atoms with Gasteiger partial charge in [-0.1, -0.05) is 26.0 Å². The third kappa shape index (κ3) is 2.19. The van der Waals surface area contributed by atoms with Crippen LogP contribution in [-0.2, 0) is 5.72 Å². The zero-order valence-electron chi connectivity index (χ0n) is 17.4. The van der Waals surface area contributed by atoms with Gasteiger partial charge in [-0.05, 0) is 48.0 Å². The average Bonchev–Trinajstić information content (AvgIpc) is 3.29. The van der Waals surface area contributed by atoms with Crippen LogP contribution in [0.3, 0.4) is 0 Å². The molecule has 2 aliphatic heterocycles. The second-order valence-electron chi connectivity index (χ2n) is 8.62. The van der Waals surface area contributed by atoms with Crippen molar-refractivity contribution in [2.24, 2.45) is 5.41 Å². The van der Waals surface area contributed by atoms with E-state index in [0.717, 1.165) is 22.4 Å². The molecule has 0 unspecified atom stereocenters. The van der Waals surface area contributed by atoms with Gasteiger partial charge in [0, 0.05) is 17.0 Å². The number of furan rings is 1. The van der Waals surface area contributed by atoms with Crippen molar-refractivity contribution >= 4 is 16.7 Å². The summed E-state index contributed by atoms with van der Waals surface area (Å²) in [5.41, 5.74) is 0.806. The lowest BCUT2D eigenvalue weighted by molar-refractivity contribution is -0.0717. The van der Waals surface area contributed by atoms with Gasteiger partial charge in [-0.3, -0.25) is 0 Å². The molecule has 6 rings (SSSR count). The lowest BCUT2D eigenvalue weighted by atomic mass is 9.60. The summed E-state index contributed by atoms with van der Waals surface area (Å²) in [6.45, 7) is 4.15. The molecule has 0 aliphatic carbocycles. The zero-order valence-corrected chi connectivity index (χ0v) is 17.4. The standard InChI is InChI=1S/C25H21NO5/c1-24(2)21-16-13-14(28-3)10-11-17(16)26-25(24,19-9-6-12-29-19)31-22-15-7-4-5-8-18(15)30-23(27)20(21)22/h4-13,21,26H,1-3H3/t21-,25+/m1/s1. The van der Waals surface area contributed by atoms with Crippen molar-refractivity contribution in [3.8, 4) is 11.5 Å². The van der Waals surface area contributed by atoms with E-state index in [1.165, 1.54) is 0 Å². The molecule has 2 atom stereocenters. The van der Waals surface area contributed by atoms with Crippen molar-refractivity contribution in [2.75, 3.05) is 12.4 Å². The predicted molar refractivity (Wildman–Crippen MR) is 116 cm³/mol. The molecule has 0 saturated heterocycles. The fraction of sp³-hybridized carbons (Fsp3) is 0.240. The lowest BCUT2D eigenvalue weighted by Crippen LogP contribution is -2.61. The smallest absolute Gasteiger partial charge is 0.343 e. The summed E-state index contributed by atoms with van der Waals surface area (Å²) < 4.78 is 23.9. The zero-order chi connectivity index (χ0) is 21.4. The van der Waals surface area contributed by atoms with Crippen molar-refractivity contribution in [1.29, 1.82) is 0 Å². The summed E-state index contributed by atoms with van der Waals surface area (Å²) in [7, 11) is 1.63. The van der Waals surface area contributed by atoms with Crippen LogP contribution in [0.4, 0.5) is 5.69 Å². The molecule has 31 heavy (non-hydrogen) atoms. The molecule has 2 bridgehead atoms. The second-order valence-corrected chi connectivity index (χ2v) is 8.62. The molecule has 6 heteroatoms. The highest BCUT2D eigenvalue weighted by molar-refractivity contribution is 5.86. The topological polar surface area (TPSA) is 73.8 Å². The van der Waals surface area contributed by atoms with E-state index in [0.29, 0.717) is 22.7 Å². The minimum atomic E-state index is -1.02. The van der Waals surface area contributed by atoms with E-state index in [2.05, 4.69) is 19.2 Å². The van der Waals surface area contributed by atoms with Gasteiger partial charge in [0.15, 0.2) is 5.76 Å². The van der Waals surface area contributed by atoms with Crippen LogP contribution in [0.5, 0.6) is 11.5 Å². The summed E-state index contributed by atoms with van der Waals surface area (Å²) in [6, 6.07) is 17.0. The molecule has 0 spiro atoms. The van der Waals surface area contributed by atoms with Gasteiger partial charge in [0.2, 0.25) is 5.72 Å². The number of fused-ring (bicyclic) bond motifs is 8. The van der Waals surface area contributed by atoms with Gasteiger partial charge in [0.25, 0.3) is 0 Å². The Balaban J connectivity index is 1.77. The third-order valence-electron chi connectivity index (χ3n) is 6.72. The summed E-state index contributed by atoms with van der Waals surface area (Å²) in [4.78, 5) is 13.3. The molecule has 4 aromatic rings. The van der Waals surface area contributed by atoms with E-state index < -0.39 is 16.8 Å². The first-order valence-corrected chi connectivity index (χ1v) is 10.2. The number of hydrogen-bond donors (Lipinski definition) is 1. The number of benzene rings is 2. The number of methoxy groups -OCH3 is 1. The van der Waals surface area contributed by atoms with Crippen molar-refractivity contribution in [3.05, 3.63) is 88.2 Å². The number of rotatable bonds is 2. The number of ether oxygens (including phenoxy) is 2. The maximum absolute atomic E-state index is 13.3. The van der Waals surface area contributed by atoms with Crippen LogP contribution in [0.2, 0.25) is 0 Å². The molecule has 156 valence electrons. The van der Waals surface area contributed by atoms with Crippen LogP contribution >= 0.6 is 0 Å². The lowest BCUT2D eigenvalue weighted by Gasteiger charge is -2.56. The number of anilines is 1. The third-order valence-corrected chi connectivity index (χ3v) is 6.72. The van der Waals surface area contributed by atoms with E-state index >= 15 is 0 Å². The Morgan fingerprint density at radius 2 is 1.90 bits per heavy atom. The molecule has 0 saturated carbocycles. The van der Waals surface area contributed by atoms with Gasteiger partial charge in [0.05, 0.1) is 24.3 Å². The Labute approximate surface area is 178 Å². The van der Waals surface area contributed by atoms with Crippen molar-refractivity contribution in [1.82, 2.24) is 0 Å². The minimum absolute atomic E-state index is 0.312. The van der Waals surface area contributed by atoms with Crippen LogP contribution in [0.1, 0.15) is 36.7 Å². The van der Waals surface area contributed by atoms with Crippen LogP contribution in [-0.4, -0.2) is 7.11 Å². The Morgan fingerprint density at radius 1 is 1.06 bits per heavy atom. The fourth-order valence-electron chi connectivity index (χ4n) is 5.19. The average molecular weight is 415 g/mol. The monoisotopic (exact) mass is 415 g/mol. The summed E-state index contributed by atoms with van der Waals surface area (Å²) in [6.07, 6.45) is 1.64. The van der Waals surface area contributed by atoms with Gasteiger partial charge < -0.3 is 23.6 Å². The molecule has 4 heterocycles. The van der Waals surface area contributed by atoms with Gasteiger partial charge in [-0.25, -0.2) is 4.79 Å². The Morgan fingerprint density at radius 3 is 2.68 bits per heavy atom. The quantitative estimate of drug-likeness (QED) is 0.452. The van der Waals surface area contributed by atoms with Crippen LogP contribution < -0.4 is 20.4 Å². The molecule has 0 radical (unpaired) electrons. The Bertz CT molecular complexity index is 1390. The number of hydrogen-bond acceptors (Lipinski definition) is 6. The van der Waals surface area contributed by atoms with Gasteiger partial charge in [0.1, 0.15) is 17.1 Å². The Kier molecular flexibility index (Phi) is 3.47. The molecule has 2 aromatic carbocycles. The maximum atomic E-state index is 13.3. The van der Waals surface area contributed by atoms with Crippen molar-refractivity contribution < 1.29 is 18.3 Å². The summed E-state index contributed by atoms with van der Waals surface area (Å²) in [5.74, 6) is 1.58. The number of para-hydroxylation sites is 1. The molecule has 2 aliphatic rings.